The van der Waals surface area contributed by atoms with Gasteiger partial charge in [-0.05, 0) is 18.6 Å². The Balaban J connectivity index is 1.35. The number of para-hydroxylation sites is 2. The first-order chi connectivity index (χ1) is 13.9. The standard InChI is InChI=1S/C20H27N3O5S/c1-28-18-5-3-2-4-17(18)21-7-9-22(10-8-21)20(25)15-12-19(24)23(13-15)16-6-11-29(26,27)14-16/h2-5,15-16H,6-14H2,1H3. The number of hydrogen-bond acceptors (Lipinski definition) is 6. The van der Waals surface area contributed by atoms with E-state index in [1.165, 1.54) is 0 Å². The molecule has 1 aromatic rings. The summed E-state index contributed by atoms with van der Waals surface area (Å²) in [5.41, 5.74) is 1.02. The number of carbonyl (C=O) groups excluding carboxylic acids is 2. The third-order valence-electron chi connectivity index (χ3n) is 6.17. The Morgan fingerprint density at radius 1 is 1.14 bits per heavy atom. The lowest BCUT2D eigenvalue weighted by Gasteiger charge is -2.37. The van der Waals surface area contributed by atoms with E-state index in [0.29, 0.717) is 39.1 Å². The minimum absolute atomic E-state index is 0.00128. The normalized spacial score (nSPS) is 26.8. The van der Waals surface area contributed by atoms with Gasteiger partial charge in [0.05, 0.1) is 30.2 Å². The Labute approximate surface area is 171 Å². The van der Waals surface area contributed by atoms with E-state index in [1.807, 2.05) is 29.2 Å². The Morgan fingerprint density at radius 3 is 2.52 bits per heavy atom. The average Bonchev–Trinajstić information content (AvgIpc) is 3.29. The molecular formula is C20H27N3O5S. The van der Waals surface area contributed by atoms with E-state index in [1.54, 1.807) is 12.0 Å². The fourth-order valence-electron chi connectivity index (χ4n) is 4.59. The van der Waals surface area contributed by atoms with Gasteiger partial charge >= 0.3 is 0 Å². The summed E-state index contributed by atoms with van der Waals surface area (Å²) in [5, 5.41) is 0. The van der Waals surface area contributed by atoms with Crippen LogP contribution in [0.2, 0.25) is 0 Å². The number of sulfone groups is 1. The van der Waals surface area contributed by atoms with Gasteiger partial charge in [0.15, 0.2) is 9.84 Å². The molecule has 3 saturated heterocycles. The maximum absolute atomic E-state index is 13.0. The molecule has 0 saturated carbocycles. The summed E-state index contributed by atoms with van der Waals surface area (Å²) in [6, 6.07) is 7.57. The third kappa shape index (κ3) is 4.05. The van der Waals surface area contributed by atoms with Crippen LogP contribution in [0.15, 0.2) is 24.3 Å². The molecule has 0 bridgehead atoms. The molecule has 29 heavy (non-hydrogen) atoms. The Bertz CT molecular complexity index is 895. The van der Waals surface area contributed by atoms with Gasteiger partial charge in [-0.1, -0.05) is 12.1 Å². The van der Waals surface area contributed by atoms with E-state index >= 15 is 0 Å². The number of ether oxygens (including phenoxy) is 1. The van der Waals surface area contributed by atoms with Crippen LogP contribution in [-0.4, -0.2) is 87.4 Å². The summed E-state index contributed by atoms with van der Waals surface area (Å²) in [7, 11) is -1.41. The van der Waals surface area contributed by atoms with Crippen molar-refractivity contribution in [1.29, 1.82) is 0 Å². The van der Waals surface area contributed by atoms with Crippen molar-refractivity contribution in [2.45, 2.75) is 18.9 Å². The quantitative estimate of drug-likeness (QED) is 0.699. The number of piperazine rings is 1. The number of amides is 2. The van der Waals surface area contributed by atoms with Gasteiger partial charge < -0.3 is 19.4 Å². The van der Waals surface area contributed by atoms with E-state index in [9.17, 15) is 18.0 Å². The van der Waals surface area contributed by atoms with Crippen molar-refractivity contribution < 1.29 is 22.7 Å². The molecule has 2 unspecified atom stereocenters. The zero-order valence-electron chi connectivity index (χ0n) is 16.6. The van der Waals surface area contributed by atoms with Crippen LogP contribution in [0.25, 0.3) is 0 Å². The predicted octanol–water partition coefficient (Wildman–Crippen LogP) is 0.379. The molecule has 0 N–H and O–H groups in total. The predicted molar refractivity (Wildman–Crippen MR) is 109 cm³/mol. The minimum atomic E-state index is -3.06. The molecule has 3 fully saturated rings. The smallest absolute Gasteiger partial charge is 0.228 e. The van der Waals surface area contributed by atoms with Crippen LogP contribution >= 0.6 is 0 Å². The number of hydrogen-bond donors (Lipinski definition) is 0. The first-order valence-corrected chi connectivity index (χ1v) is 11.9. The van der Waals surface area contributed by atoms with E-state index in [-0.39, 0.29) is 41.7 Å². The van der Waals surface area contributed by atoms with Crippen molar-refractivity contribution in [2.75, 3.05) is 56.2 Å². The first-order valence-electron chi connectivity index (χ1n) is 10.0. The Hall–Kier alpha value is -2.29. The summed E-state index contributed by atoms with van der Waals surface area (Å²) in [6.07, 6.45) is 0.661. The topological polar surface area (TPSA) is 87.2 Å². The van der Waals surface area contributed by atoms with Gasteiger partial charge in [0.25, 0.3) is 0 Å². The SMILES string of the molecule is COc1ccccc1N1CCN(C(=O)C2CC(=O)N(C3CCS(=O)(=O)C3)C2)CC1. The van der Waals surface area contributed by atoms with E-state index in [4.69, 9.17) is 4.74 Å². The fourth-order valence-corrected chi connectivity index (χ4v) is 6.32. The molecular weight excluding hydrogens is 394 g/mol. The first kappa shape index (κ1) is 20.0. The summed E-state index contributed by atoms with van der Waals surface area (Å²) in [4.78, 5) is 31.1. The zero-order chi connectivity index (χ0) is 20.6. The molecule has 3 heterocycles. The molecule has 158 valence electrons. The second-order valence-corrected chi connectivity index (χ2v) is 10.2. The fraction of sp³-hybridized carbons (Fsp3) is 0.600. The average molecular weight is 422 g/mol. The molecule has 0 aromatic heterocycles. The number of anilines is 1. The molecule has 3 aliphatic rings. The van der Waals surface area contributed by atoms with Gasteiger partial charge in [0.1, 0.15) is 5.75 Å². The molecule has 0 spiro atoms. The molecule has 1 aromatic carbocycles. The number of benzene rings is 1. The monoisotopic (exact) mass is 421 g/mol. The van der Waals surface area contributed by atoms with Gasteiger partial charge in [-0.25, -0.2) is 8.42 Å². The van der Waals surface area contributed by atoms with Crippen molar-refractivity contribution in [3.63, 3.8) is 0 Å². The number of methoxy groups -OCH3 is 1. The lowest BCUT2D eigenvalue weighted by molar-refractivity contribution is -0.136. The third-order valence-corrected chi connectivity index (χ3v) is 7.92. The Morgan fingerprint density at radius 2 is 1.86 bits per heavy atom. The van der Waals surface area contributed by atoms with Gasteiger partial charge in [0.2, 0.25) is 11.8 Å². The highest BCUT2D eigenvalue weighted by molar-refractivity contribution is 7.91. The molecule has 9 heteroatoms. The van der Waals surface area contributed by atoms with Crippen molar-refractivity contribution in [3.8, 4) is 5.75 Å². The molecule has 8 nitrogen and oxygen atoms in total. The Kier molecular flexibility index (Phi) is 5.42. The van der Waals surface area contributed by atoms with Crippen LogP contribution in [-0.2, 0) is 19.4 Å². The van der Waals surface area contributed by atoms with Gasteiger partial charge in [-0.3, -0.25) is 9.59 Å². The van der Waals surface area contributed by atoms with Crippen LogP contribution < -0.4 is 9.64 Å². The van der Waals surface area contributed by atoms with Crippen LogP contribution in [0.3, 0.4) is 0 Å². The van der Waals surface area contributed by atoms with E-state index < -0.39 is 9.84 Å². The highest BCUT2D eigenvalue weighted by atomic mass is 32.2. The number of likely N-dealkylation sites (tertiary alicyclic amines) is 1. The van der Waals surface area contributed by atoms with Crippen LogP contribution in [0.5, 0.6) is 5.75 Å². The molecule has 4 rings (SSSR count). The second-order valence-electron chi connectivity index (χ2n) is 7.99. The molecule has 2 atom stereocenters. The van der Waals surface area contributed by atoms with Gasteiger partial charge in [0, 0.05) is 45.2 Å². The summed E-state index contributed by atoms with van der Waals surface area (Å²) in [5.74, 6) is 0.501. The lowest BCUT2D eigenvalue weighted by atomic mass is 10.1. The van der Waals surface area contributed by atoms with Crippen LogP contribution in [0, 0.1) is 5.92 Å². The van der Waals surface area contributed by atoms with E-state index in [2.05, 4.69) is 4.90 Å². The lowest BCUT2D eigenvalue weighted by Crippen LogP contribution is -2.51. The zero-order valence-corrected chi connectivity index (χ0v) is 17.4. The van der Waals surface area contributed by atoms with Crippen molar-refractivity contribution in [3.05, 3.63) is 24.3 Å². The molecule has 0 aliphatic carbocycles. The maximum Gasteiger partial charge on any atom is 0.228 e. The van der Waals surface area contributed by atoms with Crippen molar-refractivity contribution in [2.24, 2.45) is 5.92 Å². The van der Waals surface area contributed by atoms with Gasteiger partial charge in [-0.2, -0.15) is 0 Å². The van der Waals surface area contributed by atoms with Crippen molar-refractivity contribution >= 4 is 27.3 Å². The minimum Gasteiger partial charge on any atom is -0.495 e. The van der Waals surface area contributed by atoms with Crippen molar-refractivity contribution in [1.82, 2.24) is 9.80 Å². The highest BCUT2D eigenvalue weighted by Gasteiger charge is 2.43. The van der Waals surface area contributed by atoms with Gasteiger partial charge in [-0.15, -0.1) is 0 Å². The maximum atomic E-state index is 13.0. The van der Waals surface area contributed by atoms with Crippen LogP contribution in [0.4, 0.5) is 5.69 Å². The number of carbonyl (C=O) groups is 2. The largest absolute Gasteiger partial charge is 0.495 e. The summed E-state index contributed by atoms with van der Waals surface area (Å²) in [6.45, 7) is 2.94. The number of rotatable bonds is 4. The molecule has 2 amide bonds. The summed E-state index contributed by atoms with van der Waals surface area (Å²) < 4.78 is 28.9. The highest BCUT2D eigenvalue weighted by Crippen LogP contribution is 2.30. The molecule has 3 aliphatic heterocycles. The van der Waals surface area contributed by atoms with Crippen LogP contribution in [0.1, 0.15) is 12.8 Å². The molecule has 0 radical (unpaired) electrons. The number of nitrogens with zero attached hydrogens (tertiary/aromatic N) is 3. The van der Waals surface area contributed by atoms with E-state index in [0.717, 1.165) is 11.4 Å². The summed E-state index contributed by atoms with van der Waals surface area (Å²) >= 11 is 0. The second kappa shape index (κ2) is 7.85.